The van der Waals surface area contributed by atoms with E-state index in [1.54, 1.807) is 23.5 Å². The maximum absolute atomic E-state index is 12.4. The number of benzene rings is 2. The zero-order valence-corrected chi connectivity index (χ0v) is 16.1. The lowest BCUT2D eigenvalue weighted by Crippen LogP contribution is -2.24. The van der Waals surface area contributed by atoms with Crippen LogP contribution in [0.15, 0.2) is 42.5 Å². The molecule has 1 aromatic heterocycles. The third-order valence-corrected chi connectivity index (χ3v) is 5.41. The molecule has 0 atom stereocenters. The van der Waals surface area contributed by atoms with Gasteiger partial charge in [0.25, 0.3) is 5.91 Å². The van der Waals surface area contributed by atoms with E-state index < -0.39 is 10.0 Å². The van der Waals surface area contributed by atoms with Gasteiger partial charge in [-0.3, -0.25) is 4.79 Å². The lowest BCUT2D eigenvalue weighted by Gasteiger charge is -2.07. The molecule has 0 unspecified atom stereocenters. The summed E-state index contributed by atoms with van der Waals surface area (Å²) in [6, 6.07) is 12.8. The van der Waals surface area contributed by atoms with Crippen molar-refractivity contribution in [3.63, 3.8) is 0 Å². The number of rotatable bonds is 6. The van der Waals surface area contributed by atoms with Crippen LogP contribution in [0.25, 0.3) is 10.2 Å². The third kappa shape index (κ3) is 4.87. The first-order valence-electron chi connectivity index (χ1n) is 8.02. The van der Waals surface area contributed by atoms with Gasteiger partial charge in [-0.1, -0.05) is 12.1 Å². The van der Waals surface area contributed by atoms with Crippen LogP contribution in [0.4, 0.5) is 5.69 Å². The van der Waals surface area contributed by atoms with Crippen molar-refractivity contribution in [2.75, 3.05) is 18.1 Å². The van der Waals surface area contributed by atoms with Gasteiger partial charge in [0, 0.05) is 17.8 Å². The second-order valence-corrected chi connectivity index (χ2v) is 9.05. The van der Waals surface area contributed by atoms with Gasteiger partial charge in [-0.05, 0) is 49.2 Å². The Morgan fingerprint density at radius 3 is 2.58 bits per heavy atom. The van der Waals surface area contributed by atoms with E-state index >= 15 is 0 Å². The summed E-state index contributed by atoms with van der Waals surface area (Å²) in [5.74, 6) is -0.189. The highest BCUT2D eigenvalue weighted by molar-refractivity contribution is 7.88. The number of aromatic nitrogens is 1. The van der Waals surface area contributed by atoms with Crippen molar-refractivity contribution < 1.29 is 13.2 Å². The highest BCUT2D eigenvalue weighted by Crippen LogP contribution is 2.25. The van der Waals surface area contributed by atoms with Gasteiger partial charge in [0.2, 0.25) is 10.0 Å². The number of nitrogens with zero attached hydrogens (tertiary/aromatic N) is 1. The van der Waals surface area contributed by atoms with Gasteiger partial charge in [0.1, 0.15) is 0 Å². The standard InChI is InChI=1S/C18H19N3O3S2/c1-12-20-16-8-7-15(11-17(16)25-12)21-18(22)14-5-3-13(4-6-14)9-10-19-26(2,23)24/h3-8,11,19H,9-10H2,1-2H3,(H,21,22). The molecule has 0 aliphatic heterocycles. The van der Waals surface area contributed by atoms with E-state index in [0.717, 1.165) is 32.7 Å². The van der Waals surface area contributed by atoms with Gasteiger partial charge in [-0.25, -0.2) is 18.1 Å². The number of sulfonamides is 1. The molecular weight excluding hydrogens is 370 g/mol. The number of carbonyl (C=O) groups is 1. The van der Waals surface area contributed by atoms with Crippen molar-refractivity contribution in [2.45, 2.75) is 13.3 Å². The van der Waals surface area contributed by atoms with Gasteiger partial charge < -0.3 is 5.32 Å². The normalized spacial score (nSPS) is 11.6. The van der Waals surface area contributed by atoms with Crippen LogP contribution in [0.1, 0.15) is 20.9 Å². The molecule has 2 aromatic carbocycles. The Hall–Kier alpha value is -2.29. The van der Waals surface area contributed by atoms with Crippen LogP contribution < -0.4 is 10.0 Å². The Bertz CT molecular complexity index is 1040. The third-order valence-electron chi connectivity index (χ3n) is 3.75. The minimum absolute atomic E-state index is 0.189. The maximum atomic E-state index is 12.4. The van der Waals surface area contributed by atoms with Gasteiger partial charge in [-0.15, -0.1) is 11.3 Å². The molecule has 0 spiro atoms. The van der Waals surface area contributed by atoms with Gasteiger partial charge in [0.05, 0.1) is 21.5 Å². The number of fused-ring (bicyclic) bond motifs is 1. The number of hydrogen-bond donors (Lipinski definition) is 2. The van der Waals surface area contributed by atoms with Gasteiger partial charge >= 0.3 is 0 Å². The molecule has 0 radical (unpaired) electrons. The average Bonchev–Trinajstić information content (AvgIpc) is 2.93. The van der Waals surface area contributed by atoms with Gasteiger partial charge in [-0.2, -0.15) is 0 Å². The van der Waals surface area contributed by atoms with E-state index in [-0.39, 0.29) is 5.91 Å². The van der Waals surface area contributed by atoms with Crippen molar-refractivity contribution in [2.24, 2.45) is 0 Å². The predicted octanol–water partition coefficient (Wildman–Crippen LogP) is 2.95. The largest absolute Gasteiger partial charge is 0.322 e. The fraction of sp³-hybridized carbons (Fsp3) is 0.222. The van der Waals surface area contributed by atoms with Crippen LogP contribution in [-0.4, -0.2) is 32.1 Å². The summed E-state index contributed by atoms with van der Waals surface area (Å²) < 4.78 is 25.6. The Labute approximate surface area is 156 Å². The van der Waals surface area contributed by atoms with Crippen LogP contribution in [0.3, 0.4) is 0 Å². The lowest BCUT2D eigenvalue weighted by atomic mass is 10.1. The zero-order chi connectivity index (χ0) is 18.7. The zero-order valence-electron chi connectivity index (χ0n) is 14.4. The fourth-order valence-corrected chi connectivity index (χ4v) is 3.86. The predicted molar refractivity (Wildman–Crippen MR) is 105 cm³/mol. The summed E-state index contributed by atoms with van der Waals surface area (Å²) in [5, 5.41) is 3.88. The van der Waals surface area contributed by atoms with Crippen LogP contribution >= 0.6 is 11.3 Å². The Morgan fingerprint density at radius 1 is 1.15 bits per heavy atom. The Kier molecular flexibility index (Phi) is 5.36. The molecule has 3 aromatic rings. The molecular formula is C18H19N3O3S2. The van der Waals surface area contributed by atoms with E-state index in [0.29, 0.717) is 18.5 Å². The lowest BCUT2D eigenvalue weighted by molar-refractivity contribution is 0.102. The monoisotopic (exact) mass is 389 g/mol. The van der Waals surface area contributed by atoms with Crippen molar-refractivity contribution in [3.8, 4) is 0 Å². The SMILES string of the molecule is Cc1nc2ccc(NC(=O)c3ccc(CCNS(C)(=O)=O)cc3)cc2s1. The number of thiazole rings is 1. The quantitative estimate of drug-likeness (QED) is 0.678. The first-order chi connectivity index (χ1) is 12.3. The van der Waals surface area contributed by atoms with Gasteiger partial charge in [0.15, 0.2) is 0 Å². The number of aryl methyl sites for hydroxylation is 1. The summed E-state index contributed by atoms with van der Waals surface area (Å²) in [4.78, 5) is 16.8. The Morgan fingerprint density at radius 2 is 1.88 bits per heavy atom. The Balaban J connectivity index is 1.63. The summed E-state index contributed by atoms with van der Waals surface area (Å²) in [5.41, 5.74) is 3.16. The summed E-state index contributed by atoms with van der Waals surface area (Å²) >= 11 is 1.59. The molecule has 0 fully saturated rings. The van der Waals surface area contributed by atoms with E-state index in [4.69, 9.17) is 0 Å². The van der Waals surface area contributed by atoms with Crippen LogP contribution in [0.2, 0.25) is 0 Å². The van der Waals surface area contributed by atoms with Crippen molar-refractivity contribution in [1.29, 1.82) is 0 Å². The summed E-state index contributed by atoms with van der Waals surface area (Å²) in [6.45, 7) is 2.29. The molecule has 0 saturated heterocycles. The van der Waals surface area contributed by atoms with Crippen LogP contribution in [0, 0.1) is 6.92 Å². The molecule has 8 heteroatoms. The second kappa shape index (κ2) is 7.53. The van der Waals surface area contributed by atoms with Crippen LogP contribution in [-0.2, 0) is 16.4 Å². The van der Waals surface area contributed by atoms with Crippen molar-refractivity contribution in [3.05, 3.63) is 58.6 Å². The highest BCUT2D eigenvalue weighted by atomic mass is 32.2. The minimum atomic E-state index is -3.18. The number of hydrogen-bond acceptors (Lipinski definition) is 5. The topological polar surface area (TPSA) is 88.2 Å². The molecule has 1 amide bonds. The van der Waals surface area contributed by atoms with Crippen molar-refractivity contribution in [1.82, 2.24) is 9.71 Å². The molecule has 0 aliphatic carbocycles. The summed E-state index contributed by atoms with van der Waals surface area (Å²) in [6.07, 6.45) is 1.70. The number of anilines is 1. The number of carbonyl (C=O) groups excluding carboxylic acids is 1. The van der Waals surface area contributed by atoms with E-state index in [1.165, 1.54) is 0 Å². The molecule has 3 rings (SSSR count). The first-order valence-corrected chi connectivity index (χ1v) is 10.7. The molecule has 26 heavy (non-hydrogen) atoms. The molecule has 136 valence electrons. The van der Waals surface area contributed by atoms with E-state index in [1.807, 2.05) is 37.3 Å². The minimum Gasteiger partial charge on any atom is -0.322 e. The van der Waals surface area contributed by atoms with E-state index in [2.05, 4.69) is 15.0 Å². The molecule has 2 N–H and O–H groups in total. The number of amides is 1. The first kappa shape index (κ1) is 18.5. The van der Waals surface area contributed by atoms with Crippen LogP contribution in [0.5, 0.6) is 0 Å². The highest BCUT2D eigenvalue weighted by Gasteiger charge is 2.08. The molecule has 0 bridgehead atoms. The smallest absolute Gasteiger partial charge is 0.255 e. The summed E-state index contributed by atoms with van der Waals surface area (Å²) in [7, 11) is -3.18. The van der Waals surface area contributed by atoms with E-state index in [9.17, 15) is 13.2 Å². The number of nitrogens with one attached hydrogen (secondary N) is 2. The molecule has 0 saturated carbocycles. The maximum Gasteiger partial charge on any atom is 0.255 e. The molecule has 0 aliphatic rings. The molecule has 1 heterocycles. The fourth-order valence-electron chi connectivity index (χ4n) is 2.52. The second-order valence-electron chi connectivity index (χ2n) is 5.98. The van der Waals surface area contributed by atoms with Crippen molar-refractivity contribution >= 4 is 43.2 Å². The average molecular weight is 390 g/mol. The molecule has 6 nitrogen and oxygen atoms in total.